The van der Waals surface area contributed by atoms with Gasteiger partial charge in [0, 0.05) is 19.2 Å². The van der Waals surface area contributed by atoms with E-state index >= 15 is 0 Å². The number of anilines is 1. The zero-order valence-electron chi connectivity index (χ0n) is 6.54. The van der Waals surface area contributed by atoms with Crippen molar-refractivity contribution in [3.63, 3.8) is 0 Å². The van der Waals surface area contributed by atoms with Gasteiger partial charge in [-0.2, -0.15) is 0 Å². The second-order valence-electron chi connectivity index (χ2n) is 2.52. The van der Waals surface area contributed by atoms with Gasteiger partial charge in [-0.25, -0.2) is 0 Å². The maximum Gasteiger partial charge on any atom is 0.0655 e. The zero-order valence-corrected chi connectivity index (χ0v) is 6.54. The molecule has 0 aliphatic heterocycles. The van der Waals surface area contributed by atoms with Crippen LogP contribution < -0.4 is 5.73 Å². The van der Waals surface area contributed by atoms with Crippen LogP contribution in [0.15, 0.2) is 12.3 Å². The molecule has 0 amide bonds. The van der Waals surface area contributed by atoms with Crippen molar-refractivity contribution in [2.24, 2.45) is 0 Å². The van der Waals surface area contributed by atoms with Crippen molar-refractivity contribution in [3.05, 3.63) is 23.5 Å². The molecule has 11 heavy (non-hydrogen) atoms. The fourth-order valence-corrected chi connectivity index (χ4v) is 0.935. The number of nitrogen functional groups attached to an aromatic ring is 1. The molecule has 1 heterocycles. The predicted octanol–water partition coefficient (Wildman–Crippen LogP) is 0.507. The van der Waals surface area contributed by atoms with Crippen molar-refractivity contribution in [1.82, 2.24) is 4.98 Å². The van der Waals surface area contributed by atoms with Gasteiger partial charge in [-0.15, -0.1) is 0 Å². The summed E-state index contributed by atoms with van der Waals surface area (Å²) in [6.07, 6.45) is 2.29. The smallest absolute Gasteiger partial charge is 0.0655 e. The number of hydrogen-bond donors (Lipinski definition) is 2. The molecular weight excluding hydrogens is 140 g/mol. The summed E-state index contributed by atoms with van der Waals surface area (Å²) < 4.78 is 0. The highest BCUT2D eigenvalue weighted by Crippen LogP contribution is 2.10. The van der Waals surface area contributed by atoms with Gasteiger partial charge < -0.3 is 10.8 Å². The van der Waals surface area contributed by atoms with E-state index in [0.29, 0.717) is 12.1 Å². The van der Waals surface area contributed by atoms with Gasteiger partial charge >= 0.3 is 0 Å². The molecule has 0 radical (unpaired) electrons. The minimum absolute atomic E-state index is 0.0975. The van der Waals surface area contributed by atoms with Crippen LogP contribution in [-0.4, -0.2) is 16.7 Å². The van der Waals surface area contributed by atoms with Crippen molar-refractivity contribution in [2.75, 3.05) is 12.3 Å². The maximum absolute atomic E-state index is 8.62. The maximum atomic E-state index is 8.62. The Morgan fingerprint density at radius 3 is 2.91 bits per heavy atom. The van der Waals surface area contributed by atoms with E-state index < -0.39 is 0 Å². The molecule has 1 aromatic rings. The third-order valence-corrected chi connectivity index (χ3v) is 1.49. The Morgan fingerprint density at radius 2 is 2.36 bits per heavy atom. The Labute approximate surface area is 65.9 Å². The van der Waals surface area contributed by atoms with Gasteiger partial charge in [0.05, 0.1) is 11.4 Å². The average Bonchev–Trinajstić information content (AvgIpc) is 1.95. The van der Waals surface area contributed by atoms with Crippen molar-refractivity contribution in [2.45, 2.75) is 13.3 Å². The molecule has 3 nitrogen and oxygen atoms in total. The summed E-state index contributed by atoms with van der Waals surface area (Å²) in [5.41, 5.74) is 8.12. The molecule has 3 heteroatoms. The molecule has 0 fully saturated rings. The summed E-state index contributed by atoms with van der Waals surface area (Å²) in [5.74, 6) is 0. The lowest BCUT2D eigenvalue weighted by Gasteiger charge is -2.02. The number of aromatic nitrogens is 1. The minimum Gasteiger partial charge on any atom is -0.397 e. The first-order valence-corrected chi connectivity index (χ1v) is 3.56. The Morgan fingerprint density at radius 1 is 1.64 bits per heavy atom. The summed E-state index contributed by atoms with van der Waals surface area (Å²) in [7, 11) is 0. The fraction of sp³-hybridized carbons (Fsp3) is 0.375. The molecule has 0 saturated carbocycles. The van der Waals surface area contributed by atoms with E-state index in [0.717, 1.165) is 11.3 Å². The van der Waals surface area contributed by atoms with Crippen LogP contribution in [0.25, 0.3) is 0 Å². The number of nitrogens with two attached hydrogens (primary N) is 1. The number of nitrogens with zero attached hydrogens (tertiary/aromatic N) is 1. The monoisotopic (exact) mass is 152 g/mol. The Balaban J connectivity index is 2.90. The molecule has 60 valence electrons. The number of aryl methyl sites for hydroxylation is 1. The van der Waals surface area contributed by atoms with Crippen LogP contribution in [-0.2, 0) is 6.42 Å². The largest absolute Gasteiger partial charge is 0.397 e. The second-order valence-corrected chi connectivity index (χ2v) is 2.52. The van der Waals surface area contributed by atoms with E-state index in [1.54, 1.807) is 6.20 Å². The number of pyridine rings is 1. The van der Waals surface area contributed by atoms with Crippen LogP contribution in [0.2, 0.25) is 0 Å². The standard InChI is InChI=1S/C8H12N2O/c1-6-4-7(9)8(2-3-11)10-5-6/h4-5,11H,2-3,9H2,1H3. The van der Waals surface area contributed by atoms with E-state index in [2.05, 4.69) is 4.98 Å². The second kappa shape index (κ2) is 3.34. The Kier molecular flexibility index (Phi) is 2.44. The van der Waals surface area contributed by atoms with Crippen LogP contribution in [0.5, 0.6) is 0 Å². The number of aliphatic hydroxyl groups is 1. The number of rotatable bonds is 2. The van der Waals surface area contributed by atoms with E-state index in [1.165, 1.54) is 0 Å². The van der Waals surface area contributed by atoms with Gasteiger partial charge in [-0.05, 0) is 18.6 Å². The lowest BCUT2D eigenvalue weighted by atomic mass is 10.2. The summed E-state index contributed by atoms with van der Waals surface area (Å²) in [4.78, 5) is 4.08. The van der Waals surface area contributed by atoms with E-state index in [9.17, 15) is 0 Å². The molecule has 3 N–H and O–H groups in total. The highest BCUT2D eigenvalue weighted by atomic mass is 16.3. The van der Waals surface area contributed by atoms with E-state index in [1.807, 2.05) is 13.0 Å². The highest BCUT2D eigenvalue weighted by Gasteiger charge is 1.98. The van der Waals surface area contributed by atoms with Crippen LogP contribution in [0, 0.1) is 6.92 Å². The molecule has 0 saturated heterocycles. The molecule has 0 spiro atoms. The topological polar surface area (TPSA) is 59.1 Å². The lowest BCUT2D eigenvalue weighted by Crippen LogP contribution is -2.00. The molecule has 0 aromatic carbocycles. The Bertz CT molecular complexity index is 248. The van der Waals surface area contributed by atoms with Gasteiger partial charge in [-0.1, -0.05) is 0 Å². The number of hydrogen-bond acceptors (Lipinski definition) is 3. The molecule has 0 aliphatic carbocycles. The molecule has 0 unspecified atom stereocenters. The van der Waals surface area contributed by atoms with Crippen LogP contribution >= 0.6 is 0 Å². The first-order chi connectivity index (χ1) is 5.24. The third kappa shape index (κ3) is 1.91. The van der Waals surface area contributed by atoms with Gasteiger partial charge in [0.2, 0.25) is 0 Å². The van der Waals surface area contributed by atoms with Gasteiger partial charge in [0.1, 0.15) is 0 Å². The molecular formula is C8H12N2O. The molecule has 1 aromatic heterocycles. The van der Waals surface area contributed by atoms with Gasteiger partial charge in [-0.3, -0.25) is 4.98 Å². The molecule has 0 aliphatic rings. The SMILES string of the molecule is Cc1cnc(CCO)c(N)c1. The lowest BCUT2D eigenvalue weighted by molar-refractivity contribution is 0.298. The summed E-state index contributed by atoms with van der Waals surface area (Å²) in [5, 5.41) is 8.62. The molecule has 1 rings (SSSR count). The normalized spacial score (nSPS) is 10.0. The first-order valence-electron chi connectivity index (χ1n) is 3.56. The molecule has 0 atom stereocenters. The molecule has 0 bridgehead atoms. The van der Waals surface area contributed by atoms with Crippen molar-refractivity contribution < 1.29 is 5.11 Å². The quantitative estimate of drug-likeness (QED) is 0.649. The van der Waals surface area contributed by atoms with E-state index in [4.69, 9.17) is 10.8 Å². The minimum atomic E-state index is 0.0975. The highest BCUT2D eigenvalue weighted by molar-refractivity contribution is 5.44. The first kappa shape index (κ1) is 8.01. The van der Waals surface area contributed by atoms with Crippen molar-refractivity contribution in [1.29, 1.82) is 0 Å². The van der Waals surface area contributed by atoms with Crippen LogP contribution in [0.3, 0.4) is 0 Å². The average molecular weight is 152 g/mol. The van der Waals surface area contributed by atoms with E-state index in [-0.39, 0.29) is 6.61 Å². The predicted molar refractivity (Wildman–Crippen MR) is 44.2 cm³/mol. The summed E-state index contributed by atoms with van der Waals surface area (Å²) >= 11 is 0. The van der Waals surface area contributed by atoms with Gasteiger partial charge in [0.25, 0.3) is 0 Å². The van der Waals surface area contributed by atoms with Crippen molar-refractivity contribution >= 4 is 5.69 Å². The van der Waals surface area contributed by atoms with Crippen LogP contribution in [0.1, 0.15) is 11.3 Å². The third-order valence-electron chi connectivity index (χ3n) is 1.49. The zero-order chi connectivity index (χ0) is 8.27. The summed E-state index contributed by atoms with van der Waals surface area (Å²) in [6, 6.07) is 1.86. The van der Waals surface area contributed by atoms with Crippen molar-refractivity contribution in [3.8, 4) is 0 Å². The fourth-order valence-electron chi connectivity index (χ4n) is 0.935. The van der Waals surface area contributed by atoms with Crippen LogP contribution in [0.4, 0.5) is 5.69 Å². The summed E-state index contributed by atoms with van der Waals surface area (Å²) in [6.45, 7) is 2.03. The Hall–Kier alpha value is -1.09. The number of aliphatic hydroxyl groups excluding tert-OH is 1. The van der Waals surface area contributed by atoms with Gasteiger partial charge in [0.15, 0.2) is 0 Å².